The smallest absolute Gasteiger partial charge is 0.153 e. The van der Waals surface area contributed by atoms with Gasteiger partial charge < -0.3 is 0 Å². The molecule has 5 nitrogen and oxygen atoms in total. The van der Waals surface area contributed by atoms with Gasteiger partial charge in [-0.2, -0.15) is 4.68 Å². The van der Waals surface area contributed by atoms with Gasteiger partial charge in [0, 0.05) is 6.20 Å². The third-order valence-electron chi connectivity index (χ3n) is 2.05. The minimum Gasteiger partial charge on any atom is -0.259 e. The predicted molar refractivity (Wildman–Crippen MR) is 51.2 cm³/mol. The molecule has 0 aliphatic carbocycles. The number of hydrogen-bond donors (Lipinski definition) is 0. The minimum atomic E-state index is 0.764. The van der Waals surface area contributed by atoms with E-state index in [1.165, 1.54) is 0 Å². The molecule has 0 saturated heterocycles. The van der Waals surface area contributed by atoms with Gasteiger partial charge in [-0.25, -0.2) is 0 Å². The summed E-state index contributed by atoms with van der Waals surface area (Å²) in [6, 6.07) is 2.02. The van der Waals surface area contributed by atoms with E-state index in [9.17, 15) is 0 Å². The summed E-state index contributed by atoms with van der Waals surface area (Å²) in [7, 11) is 0. The highest BCUT2D eigenvalue weighted by Gasteiger charge is 2.07. The fourth-order valence-corrected chi connectivity index (χ4v) is 1.29. The van der Waals surface area contributed by atoms with Crippen molar-refractivity contribution in [1.82, 2.24) is 25.2 Å². The van der Waals surface area contributed by atoms with E-state index in [4.69, 9.17) is 0 Å². The second kappa shape index (κ2) is 3.17. The predicted octanol–water partition coefficient (Wildman–Crippen LogP) is 0.983. The van der Waals surface area contributed by atoms with E-state index in [1.807, 2.05) is 33.0 Å². The Morgan fingerprint density at radius 1 is 1.21 bits per heavy atom. The lowest BCUT2D eigenvalue weighted by atomic mass is 10.2. The van der Waals surface area contributed by atoms with Crippen LogP contribution in [0.25, 0.3) is 5.69 Å². The maximum Gasteiger partial charge on any atom is 0.153 e. The zero-order valence-electron chi connectivity index (χ0n) is 8.39. The summed E-state index contributed by atoms with van der Waals surface area (Å²) in [5.41, 5.74) is 2.96. The molecule has 2 rings (SSSR count). The summed E-state index contributed by atoms with van der Waals surface area (Å²) in [5.74, 6) is 0.764. The molecule has 0 amide bonds. The Kier molecular flexibility index (Phi) is 1.99. The van der Waals surface area contributed by atoms with Crippen molar-refractivity contribution < 1.29 is 0 Å². The molecule has 0 unspecified atom stereocenters. The fourth-order valence-electron chi connectivity index (χ4n) is 1.29. The minimum absolute atomic E-state index is 0.764. The first kappa shape index (κ1) is 8.80. The molecule has 0 radical (unpaired) electrons. The SMILES string of the molecule is Cc1cnc(C)c(-n2nnnc2C)c1. The number of aryl methyl sites for hydroxylation is 3. The average molecular weight is 189 g/mol. The molecule has 0 bridgehead atoms. The number of nitrogens with zero attached hydrogens (tertiary/aromatic N) is 5. The molecule has 0 aromatic carbocycles. The Morgan fingerprint density at radius 3 is 2.64 bits per heavy atom. The standard InChI is InChI=1S/C9H11N5/c1-6-4-9(7(2)10-5-6)14-8(3)11-12-13-14/h4-5H,1-3H3. The second-order valence-corrected chi connectivity index (χ2v) is 3.26. The van der Waals surface area contributed by atoms with E-state index in [0.29, 0.717) is 0 Å². The molecule has 0 aliphatic rings. The van der Waals surface area contributed by atoms with Crippen molar-refractivity contribution >= 4 is 0 Å². The summed E-state index contributed by atoms with van der Waals surface area (Å²) in [5, 5.41) is 11.3. The number of hydrogen-bond acceptors (Lipinski definition) is 4. The van der Waals surface area contributed by atoms with Gasteiger partial charge in [-0.15, -0.1) is 5.10 Å². The zero-order valence-corrected chi connectivity index (χ0v) is 8.39. The van der Waals surface area contributed by atoms with Crippen molar-refractivity contribution in [1.29, 1.82) is 0 Å². The van der Waals surface area contributed by atoms with Crippen LogP contribution < -0.4 is 0 Å². The molecule has 2 aromatic rings. The number of tetrazole rings is 1. The first-order valence-corrected chi connectivity index (χ1v) is 4.37. The number of pyridine rings is 1. The number of aromatic nitrogens is 5. The van der Waals surface area contributed by atoms with Crippen LogP contribution in [0.15, 0.2) is 12.3 Å². The number of rotatable bonds is 1. The zero-order chi connectivity index (χ0) is 10.1. The maximum atomic E-state index is 4.26. The molecular formula is C9H11N5. The summed E-state index contributed by atoms with van der Waals surface area (Å²) in [6.07, 6.45) is 1.83. The molecule has 0 atom stereocenters. The molecule has 14 heavy (non-hydrogen) atoms. The van der Waals surface area contributed by atoms with Gasteiger partial charge in [0.05, 0.1) is 11.4 Å². The van der Waals surface area contributed by atoms with E-state index >= 15 is 0 Å². The Balaban J connectivity index is 2.62. The van der Waals surface area contributed by atoms with Gasteiger partial charge in [-0.3, -0.25) is 4.98 Å². The molecule has 0 saturated carbocycles. The maximum absolute atomic E-state index is 4.26. The van der Waals surface area contributed by atoms with Crippen LogP contribution >= 0.6 is 0 Å². The van der Waals surface area contributed by atoms with Crippen LogP contribution in [0.5, 0.6) is 0 Å². The summed E-state index contributed by atoms with van der Waals surface area (Å²) in [6.45, 7) is 5.80. The molecule has 72 valence electrons. The molecule has 0 aliphatic heterocycles. The molecule has 0 fully saturated rings. The summed E-state index contributed by atoms with van der Waals surface area (Å²) in [4.78, 5) is 4.26. The Bertz CT molecular complexity index is 460. The Morgan fingerprint density at radius 2 is 2.00 bits per heavy atom. The molecule has 0 spiro atoms. The van der Waals surface area contributed by atoms with E-state index in [0.717, 1.165) is 22.8 Å². The first-order valence-electron chi connectivity index (χ1n) is 4.37. The largest absolute Gasteiger partial charge is 0.259 e. The highest BCUT2D eigenvalue weighted by Crippen LogP contribution is 2.12. The second-order valence-electron chi connectivity index (χ2n) is 3.26. The van der Waals surface area contributed by atoms with Crippen molar-refractivity contribution in [2.75, 3.05) is 0 Å². The van der Waals surface area contributed by atoms with Gasteiger partial charge in [0.25, 0.3) is 0 Å². The topological polar surface area (TPSA) is 56.5 Å². The fraction of sp³-hybridized carbons (Fsp3) is 0.333. The normalized spacial score (nSPS) is 10.5. The third kappa shape index (κ3) is 1.37. The van der Waals surface area contributed by atoms with E-state index in [-0.39, 0.29) is 0 Å². The van der Waals surface area contributed by atoms with E-state index < -0.39 is 0 Å². The van der Waals surface area contributed by atoms with Crippen LogP contribution in [-0.2, 0) is 0 Å². The van der Waals surface area contributed by atoms with Crippen LogP contribution in [0.2, 0.25) is 0 Å². The van der Waals surface area contributed by atoms with E-state index in [1.54, 1.807) is 4.68 Å². The molecule has 2 heterocycles. The first-order chi connectivity index (χ1) is 6.68. The molecule has 0 N–H and O–H groups in total. The van der Waals surface area contributed by atoms with Crippen molar-refractivity contribution in [3.63, 3.8) is 0 Å². The third-order valence-corrected chi connectivity index (χ3v) is 2.05. The summed E-state index contributed by atoms with van der Waals surface area (Å²) >= 11 is 0. The Hall–Kier alpha value is -1.78. The van der Waals surface area contributed by atoms with Crippen LogP contribution in [0.3, 0.4) is 0 Å². The van der Waals surface area contributed by atoms with Gasteiger partial charge in [-0.1, -0.05) is 0 Å². The Labute approximate surface area is 81.8 Å². The lowest BCUT2D eigenvalue weighted by molar-refractivity contribution is 0.769. The summed E-state index contributed by atoms with van der Waals surface area (Å²) < 4.78 is 1.69. The van der Waals surface area contributed by atoms with Crippen LogP contribution in [0.1, 0.15) is 17.1 Å². The highest BCUT2D eigenvalue weighted by molar-refractivity contribution is 5.37. The van der Waals surface area contributed by atoms with E-state index in [2.05, 4.69) is 20.5 Å². The monoisotopic (exact) mass is 189 g/mol. The van der Waals surface area contributed by atoms with Crippen molar-refractivity contribution in [3.8, 4) is 5.69 Å². The van der Waals surface area contributed by atoms with Crippen molar-refractivity contribution in [2.45, 2.75) is 20.8 Å². The van der Waals surface area contributed by atoms with Gasteiger partial charge in [0.15, 0.2) is 5.82 Å². The van der Waals surface area contributed by atoms with Crippen molar-refractivity contribution in [3.05, 3.63) is 29.3 Å². The molecular weight excluding hydrogens is 178 g/mol. The van der Waals surface area contributed by atoms with Gasteiger partial charge in [0.2, 0.25) is 0 Å². The lowest BCUT2D eigenvalue weighted by Crippen LogP contribution is -2.03. The average Bonchev–Trinajstić information content (AvgIpc) is 2.56. The van der Waals surface area contributed by atoms with Crippen molar-refractivity contribution in [2.24, 2.45) is 0 Å². The quantitative estimate of drug-likeness (QED) is 0.671. The van der Waals surface area contributed by atoms with Crippen LogP contribution in [0, 0.1) is 20.8 Å². The van der Waals surface area contributed by atoms with Crippen LogP contribution in [0.4, 0.5) is 0 Å². The molecule has 5 heteroatoms. The highest BCUT2D eigenvalue weighted by atomic mass is 15.5. The van der Waals surface area contributed by atoms with Gasteiger partial charge >= 0.3 is 0 Å². The lowest BCUT2D eigenvalue weighted by Gasteiger charge is -2.05. The van der Waals surface area contributed by atoms with Crippen LogP contribution in [-0.4, -0.2) is 25.2 Å². The molecule has 2 aromatic heterocycles. The van der Waals surface area contributed by atoms with Gasteiger partial charge in [0.1, 0.15) is 0 Å². The van der Waals surface area contributed by atoms with Gasteiger partial charge in [-0.05, 0) is 42.8 Å².